The van der Waals surface area contributed by atoms with Crippen molar-refractivity contribution in [2.45, 2.75) is 38.0 Å². The minimum atomic E-state index is -2.52. The number of benzene rings is 11. The second-order valence-corrected chi connectivity index (χ2v) is 23.1. The summed E-state index contributed by atoms with van der Waals surface area (Å²) in [7, 11) is -2.52. The van der Waals surface area contributed by atoms with Crippen LogP contribution in [-0.4, -0.2) is 8.32 Å². The van der Waals surface area contributed by atoms with Crippen molar-refractivity contribution in [3.05, 3.63) is 148 Å². The molecule has 3 aliphatic carbocycles. The number of rotatable bonds is 4. The molecule has 0 aromatic heterocycles. The summed E-state index contributed by atoms with van der Waals surface area (Å²) in [4.78, 5) is 0. The molecule has 15 aromatic carbocycles. The fourth-order valence-corrected chi connectivity index (χ4v) is 17.1. The van der Waals surface area contributed by atoms with E-state index in [0.717, 1.165) is 0 Å². The highest BCUT2D eigenvalue weighted by molar-refractivity contribution is 6.84. The molecule has 0 saturated heterocycles. The Hall–Kier alpha value is -6.32. The topological polar surface area (TPSA) is 9.23 Å². The zero-order chi connectivity index (χ0) is 37.4. The van der Waals surface area contributed by atoms with Crippen molar-refractivity contribution in [3.63, 3.8) is 0 Å². The Morgan fingerprint density at radius 2 is 0.862 bits per heavy atom. The minimum Gasteiger partial charge on any atom is -0.396 e. The summed E-state index contributed by atoms with van der Waals surface area (Å²) in [5.74, 6) is 0. The van der Waals surface area contributed by atoms with E-state index in [1.807, 2.05) is 0 Å². The van der Waals surface area contributed by atoms with Crippen molar-refractivity contribution in [2.24, 2.45) is 0 Å². The number of allylic oxidation sites excluding steroid dienone is 1. The van der Waals surface area contributed by atoms with Crippen molar-refractivity contribution in [1.82, 2.24) is 0 Å². The Balaban J connectivity index is 1.21. The predicted molar refractivity (Wildman–Crippen MR) is 248 cm³/mol. The SMILES string of the molecule is Cc1ccc(C23C=CC4(O[Si](C)(C)c5ccccc5)c5ccc6c7ccc8c9ccc%10c%11ccc2c2c%12c3c4c3c5c6c4c7c8c5c9c%10c(c%112)c2c%12c3c4c52)cc1C. The summed E-state index contributed by atoms with van der Waals surface area (Å²) in [5.41, 5.74) is 8.58. The smallest absolute Gasteiger partial charge is 0.220 e. The van der Waals surface area contributed by atoms with Crippen molar-refractivity contribution in [3.8, 4) is 0 Å². The van der Waals surface area contributed by atoms with Crippen LogP contribution in [0.15, 0.2) is 109 Å². The van der Waals surface area contributed by atoms with E-state index >= 15 is 0 Å². The third-order valence-corrected chi connectivity index (χ3v) is 19.5. The Kier molecular flexibility index (Phi) is 3.78. The van der Waals surface area contributed by atoms with Gasteiger partial charge in [0.05, 0.1) is 5.41 Å². The molecular weight excluding hydrogens is 717 g/mol. The maximum absolute atomic E-state index is 8.19. The molecule has 2 unspecified atom stereocenters. The zero-order valence-corrected chi connectivity index (χ0v) is 33.3. The average Bonchev–Trinajstić information content (AvgIpc) is 4.06. The van der Waals surface area contributed by atoms with Gasteiger partial charge in [-0.05, 0) is 201 Å². The lowest BCUT2D eigenvalue weighted by molar-refractivity contribution is 0.159. The molecule has 0 radical (unpaired) electrons. The third kappa shape index (κ3) is 2.27. The van der Waals surface area contributed by atoms with Crippen molar-refractivity contribution < 1.29 is 4.43 Å². The van der Waals surface area contributed by atoms with Gasteiger partial charge in [-0.25, -0.2) is 0 Å². The zero-order valence-electron chi connectivity index (χ0n) is 32.3. The van der Waals surface area contributed by atoms with E-state index in [1.54, 1.807) is 0 Å². The van der Waals surface area contributed by atoms with Gasteiger partial charge in [0.15, 0.2) is 0 Å². The summed E-state index contributed by atoms with van der Waals surface area (Å²) in [5, 5.41) is 36.8. The van der Waals surface area contributed by atoms with Crippen molar-refractivity contribution in [2.75, 3.05) is 0 Å². The van der Waals surface area contributed by atoms with Crippen LogP contribution in [0.1, 0.15) is 38.9 Å². The lowest BCUT2D eigenvalue weighted by Gasteiger charge is -2.45. The van der Waals surface area contributed by atoms with Gasteiger partial charge in [-0.1, -0.05) is 103 Å². The molecule has 2 heteroatoms. The highest BCUT2D eigenvalue weighted by Crippen LogP contribution is 2.72. The maximum Gasteiger partial charge on any atom is 0.220 e. The molecule has 1 nitrogen and oxygen atoms in total. The highest BCUT2D eigenvalue weighted by atomic mass is 28.4. The molecule has 0 aliphatic heterocycles. The first kappa shape index (κ1) is 28.1. The monoisotopic (exact) mass is 746 g/mol. The molecule has 58 heavy (non-hydrogen) atoms. The molecule has 0 fully saturated rings. The van der Waals surface area contributed by atoms with Gasteiger partial charge in [-0.15, -0.1) is 0 Å². The normalized spacial score (nSPS) is 20.6. The van der Waals surface area contributed by atoms with Gasteiger partial charge in [0, 0.05) is 5.56 Å². The van der Waals surface area contributed by atoms with Gasteiger partial charge in [0.2, 0.25) is 8.32 Å². The molecule has 264 valence electrons. The maximum atomic E-state index is 8.19. The van der Waals surface area contributed by atoms with Crippen LogP contribution in [0.25, 0.3) is 129 Å². The quantitative estimate of drug-likeness (QED) is 0.0990. The van der Waals surface area contributed by atoms with Gasteiger partial charge in [0.1, 0.15) is 5.60 Å². The van der Waals surface area contributed by atoms with Gasteiger partial charge in [0.25, 0.3) is 0 Å². The molecule has 0 saturated carbocycles. The number of fused-ring (bicyclic) bond motifs is 5. The third-order valence-electron chi connectivity index (χ3n) is 16.9. The fourth-order valence-electron chi connectivity index (χ4n) is 14.9. The van der Waals surface area contributed by atoms with Crippen LogP contribution in [0.2, 0.25) is 13.1 Å². The minimum absolute atomic E-state index is 0.454. The van der Waals surface area contributed by atoms with E-state index in [2.05, 4.69) is 136 Å². The van der Waals surface area contributed by atoms with Crippen LogP contribution in [0.4, 0.5) is 0 Å². The van der Waals surface area contributed by atoms with Gasteiger partial charge >= 0.3 is 0 Å². The highest BCUT2D eigenvalue weighted by Gasteiger charge is 2.58. The van der Waals surface area contributed by atoms with E-state index in [4.69, 9.17) is 4.43 Å². The largest absolute Gasteiger partial charge is 0.396 e. The first-order valence-electron chi connectivity index (χ1n) is 21.1. The molecule has 2 atom stereocenters. The van der Waals surface area contributed by atoms with Crippen LogP contribution in [-0.2, 0) is 15.4 Å². The van der Waals surface area contributed by atoms with E-state index in [9.17, 15) is 0 Å². The molecule has 18 rings (SSSR count). The van der Waals surface area contributed by atoms with Crippen molar-refractivity contribution in [1.29, 1.82) is 0 Å². The van der Waals surface area contributed by atoms with E-state index in [1.165, 1.54) is 173 Å². The van der Waals surface area contributed by atoms with Gasteiger partial charge in [-0.2, -0.15) is 0 Å². The van der Waals surface area contributed by atoms with Crippen LogP contribution < -0.4 is 5.19 Å². The van der Waals surface area contributed by atoms with E-state index in [0.29, 0.717) is 0 Å². The first-order valence-corrected chi connectivity index (χ1v) is 24.0. The molecule has 0 N–H and O–H groups in total. The lowest BCUT2D eigenvalue weighted by Crippen LogP contribution is -2.52. The molecule has 0 heterocycles. The molecule has 3 aliphatic rings. The number of hydrogen-bond donors (Lipinski definition) is 0. The fraction of sp³-hybridized carbons (Fsp3) is 0.107. The summed E-state index contributed by atoms with van der Waals surface area (Å²) >= 11 is 0. The Morgan fingerprint density at radius 3 is 1.43 bits per heavy atom. The second kappa shape index (κ2) is 7.79. The van der Waals surface area contributed by atoms with E-state index < -0.39 is 19.3 Å². The molecule has 0 spiro atoms. The van der Waals surface area contributed by atoms with Crippen molar-refractivity contribution >= 4 is 143 Å². The van der Waals surface area contributed by atoms with Crippen LogP contribution >= 0.6 is 0 Å². The summed E-state index contributed by atoms with van der Waals surface area (Å²) in [6.45, 7) is 9.40. The standard InChI is InChI=1S/C56H30OSi/c1-23-10-11-25(22-24(23)2)55-20-21-56(57-58(3,4)26-8-6-5-7-9-26)34-19-17-32-30-15-13-28-27-12-14-29-31-16-18-33(55)41-39(31)44-37(29)35(27)43-36(28)38(30)45-40(32)42(34)52-50-48(45)46(43)47(44)49(50)51(41)53(55)54(52)56/h5-22H,1-4H3. The first-order chi connectivity index (χ1) is 28.3. The van der Waals surface area contributed by atoms with E-state index in [-0.39, 0.29) is 0 Å². The summed E-state index contributed by atoms with van der Waals surface area (Å²) in [6, 6.07) is 38.3. The Labute approximate surface area is 331 Å². The Morgan fingerprint density at radius 1 is 0.397 bits per heavy atom. The summed E-state index contributed by atoms with van der Waals surface area (Å²) in [6.07, 6.45) is 5.19. The predicted octanol–water partition coefficient (Wildman–Crippen LogP) is 14.0. The summed E-state index contributed by atoms with van der Waals surface area (Å²) < 4.78 is 8.19. The lowest BCUT2D eigenvalue weighted by atomic mass is 9.64. The second-order valence-electron chi connectivity index (χ2n) is 19.3. The van der Waals surface area contributed by atoms with Gasteiger partial charge in [-0.3, -0.25) is 0 Å². The van der Waals surface area contributed by atoms with Crippen LogP contribution in [0, 0.1) is 13.8 Å². The van der Waals surface area contributed by atoms with Crippen LogP contribution in [0.5, 0.6) is 0 Å². The number of aryl methyl sites for hydroxylation is 2. The molecule has 0 bridgehead atoms. The Bertz CT molecular complexity index is 4430. The van der Waals surface area contributed by atoms with Gasteiger partial charge < -0.3 is 4.43 Å². The number of hydrogen-bond acceptors (Lipinski definition) is 1. The molecular formula is C56H30OSi. The average molecular weight is 747 g/mol. The molecule has 0 amide bonds. The molecule has 15 aromatic rings. The van der Waals surface area contributed by atoms with Crippen LogP contribution in [0.3, 0.4) is 0 Å².